The van der Waals surface area contributed by atoms with Gasteiger partial charge in [0.15, 0.2) is 0 Å². The van der Waals surface area contributed by atoms with E-state index >= 15 is 0 Å². The van der Waals surface area contributed by atoms with Crippen molar-refractivity contribution in [3.8, 4) is 0 Å². The van der Waals surface area contributed by atoms with E-state index in [2.05, 4.69) is 10.6 Å². The molecular formula is C33H36ClF2N3O4. The van der Waals surface area contributed by atoms with Crippen molar-refractivity contribution in [3.63, 3.8) is 0 Å². The lowest BCUT2D eigenvalue weighted by Gasteiger charge is -2.29. The van der Waals surface area contributed by atoms with Crippen molar-refractivity contribution < 1.29 is 28.2 Å². The molecule has 0 aliphatic carbocycles. The van der Waals surface area contributed by atoms with Crippen LogP contribution in [0.25, 0.3) is 0 Å². The molecule has 5 rings (SSSR count). The first-order valence-electron chi connectivity index (χ1n) is 14.6. The van der Waals surface area contributed by atoms with Crippen LogP contribution in [0.1, 0.15) is 29.5 Å². The summed E-state index contributed by atoms with van der Waals surface area (Å²) in [6, 6.07) is 19.1. The van der Waals surface area contributed by atoms with E-state index in [0.717, 1.165) is 17.2 Å². The molecule has 3 N–H and O–H groups in total. The van der Waals surface area contributed by atoms with E-state index in [1.54, 1.807) is 17.0 Å². The van der Waals surface area contributed by atoms with Gasteiger partial charge in [0.2, 0.25) is 11.8 Å². The molecule has 0 spiro atoms. The fourth-order valence-corrected chi connectivity index (χ4v) is 5.93. The number of halogens is 3. The lowest BCUT2D eigenvalue weighted by molar-refractivity contribution is -0.129. The average Bonchev–Trinajstić information content (AvgIpc) is 3.62. The second-order valence-electron chi connectivity index (χ2n) is 11.4. The number of carbonyl (C=O) groups excluding carboxylic acids is 2. The Balaban J connectivity index is 1.21. The molecule has 2 aliphatic heterocycles. The van der Waals surface area contributed by atoms with Crippen molar-refractivity contribution in [2.75, 3.05) is 19.6 Å². The van der Waals surface area contributed by atoms with Gasteiger partial charge in [-0.3, -0.25) is 9.59 Å². The van der Waals surface area contributed by atoms with Crippen molar-refractivity contribution >= 4 is 23.4 Å². The predicted molar refractivity (Wildman–Crippen MR) is 159 cm³/mol. The number of rotatable bonds is 12. The van der Waals surface area contributed by atoms with Gasteiger partial charge >= 0.3 is 0 Å². The average molecular weight is 612 g/mol. The van der Waals surface area contributed by atoms with Gasteiger partial charge in [0.05, 0.1) is 30.8 Å². The first kappa shape index (κ1) is 31.1. The number of hydrogen-bond donors (Lipinski definition) is 3. The van der Waals surface area contributed by atoms with Crippen molar-refractivity contribution in [1.29, 1.82) is 0 Å². The van der Waals surface area contributed by atoms with Crippen LogP contribution in [0.2, 0.25) is 5.02 Å². The van der Waals surface area contributed by atoms with Crippen molar-refractivity contribution in [2.24, 2.45) is 5.92 Å². The first-order chi connectivity index (χ1) is 20.7. The van der Waals surface area contributed by atoms with Crippen molar-refractivity contribution in [3.05, 3.63) is 106 Å². The molecule has 1 unspecified atom stereocenters. The minimum absolute atomic E-state index is 0.0102. The SMILES string of the molecule is O=C(N[C@@H](Cc1cc(F)cc(F)c1)[C@H](O)[C@H]1C[C@@H](OCc2ccccc2)CN1)C1CC(=O)N(CCc2ccc(Cl)cc2)C1. The summed E-state index contributed by atoms with van der Waals surface area (Å²) in [5, 5.41) is 18.3. The zero-order valence-electron chi connectivity index (χ0n) is 23.7. The number of likely N-dealkylation sites (tertiary alicyclic amines) is 1. The number of benzene rings is 3. The van der Waals surface area contributed by atoms with Crippen LogP contribution in [0, 0.1) is 17.6 Å². The van der Waals surface area contributed by atoms with Gasteiger partial charge in [-0.15, -0.1) is 0 Å². The molecule has 2 amide bonds. The Bertz CT molecular complexity index is 1370. The fraction of sp³-hybridized carbons (Fsp3) is 0.394. The molecule has 10 heteroatoms. The number of carbonyl (C=O) groups is 2. The number of nitrogens with one attached hydrogen (secondary N) is 2. The van der Waals surface area contributed by atoms with E-state index in [-0.39, 0.29) is 37.3 Å². The molecule has 3 aromatic carbocycles. The molecule has 3 aromatic rings. The van der Waals surface area contributed by atoms with E-state index < -0.39 is 35.7 Å². The summed E-state index contributed by atoms with van der Waals surface area (Å²) in [6.07, 6.45) is -0.0248. The molecule has 0 saturated carbocycles. The Morgan fingerprint density at radius 2 is 1.77 bits per heavy atom. The molecular weight excluding hydrogens is 576 g/mol. The highest BCUT2D eigenvalue weighted by atomic mass is 35.5. The minimum Gasteiger partial charge on any atom is -0.389 e. The molecule has 7 nitrogen and oxygen atoms in total. The number of aliphatic hydroxyl groups is 1. The van der Waals surface area contributed by atoms with Crippen LogP contribution < -0.4 is 10.6 Å². The van der Waals surface area contributed by atoms with E-state index in [0.29, 0.717) is 43.1 Å². The topological polar surface area (TPSA) is 90.9 Å². The first-order valence-corrected chi connectivity index (χ1v) is 15.0. The van der Waals surface area contributed by atoms with Gasteiger partial charge in [0.25, 0.3) is 0 Å². The van der Waals surface area contributed by atoms with E-state index in [9.17, 15) is 23.5 Å². The van der Waals surface area contributed by atoms with Gasteiger partial charge in [-0.1, -0.05) is 54.1 Å². The van der Waals surface area contributed by atoms with Crippen LogP contribution in [-0.2, 0) is 33.8 Å². The molecule has 228 valence electrons. The van der Waals surface area contributed by atoms with Crippen LogP contribution in [0.5, 0.6) is 0 Å². The maximum absolute atomic E-state index is 14.0. The Kier molecular flexibility index (Phi) is 10.4. The van der Waals surface area contributed by atoms with Crippen molar-refractivity contribution in [2.45, 2.75) is 56.6 Å². The third-order valence-electron chi connectivity index (χ3n) is 8.15. The molecule has 0 bridgehead atoms. The number of hydrogen-bond acceptors (Lipinski definition) is 5. The summed E-state index contributed by atoms with van der Waals surface area (Å²) < 4.78 is 34.0. The Morgan fingerprint density at radius 1 is 1.05 bits per heavy atom. The normalized spacial score (nSPS) is 21.6. The van der Waals surface area contributed by atoms with Gasteiger partial charge < -0.3 is 25.4 Å². The van der Waals surface area contributed by atoms with E-state index in [4.69, 9.17) is 16.3 Å². The second-order valence-corrected chi connectivity index (χ2v) is 11.8. The maximum Gasteiger partial charge on any atom is 0.225 e. The lowest BCUT2D eigenvalue weighted by Crippen LogP contribution is -2.53. The molecule has 5 atom stereocenters. The molecule has 0 radical (unpaired) electrons. The largest absolute Gasteiger partial charge is 0.389 e. The summed E-state index contributed by atoms with van der Waals surface area (Å²) in [4.78, 5) is 27.8. The van der Waals surface area contributed by atoms with Crippen LogP contribution in [0.15, 0.2) is 72.8 Å². The summed E-state index contributed by atoms with van der Waals surface area (Å²) in [5.74, 6) is -2.57. The van der Waals surface area contributed by atoms with Crippen LogP contribution in [-0.4, -0.2) is 65.7 Å². The molecule has 0 aromatic heterocycles. The number of ether oxygens (including phenoxy) is 1. The smallest absolute Gasteiger partial charge is 0.225 e. The van der Waals surface area contributed by atoms with Gasteiger partial charge in [0, 0.05) is 43.2 Å². The molecule has 2 saturated heterocycles. The number of amides is 2. The predicted octanol–water partition coefficient (Wildman–Crippen LogP) is 4.04. The lowest BCUT2D eigenvalue weighted by atomic mass is 9.94. The Hall–Kier alpha value is -3.37. The highest BCUT2D eigenvalue weighted by Crippen LogP contribution is 2.23. The zero-order chi connectivity index (χ0) is 30.3. The fourth-order valence-electron chi connectivity index (χ4n) is 5.81. The van der Waals surface area contributed by atoms with Crippen LogP contribution >= 0.6 is 11.6 Å². The molecule has 43 heavy (non-hydrogen) atoms. The number of aliphatic hydroxyl groups excluding tert-OH is 1. The minimum atomic E-state index is -1.07. The Morgan fingerprint density at radius 3 is 2.49 bits per heavy atom. The Labute approximate surface area is 255 Å². The van der Waals surface area contributed by atoms with Crippen LogP contribution in [0.3, 0.4) is 0 Å². The standard InChI is InChI=1S/C33H36ClF2N3O4/c34-25-8-6-21(7-9-25)10-11-39-19-24(15-31(39)40)33(42)38-30(14-23-12-26(35)16-27(36)13-23)32(41)29-17-28(18-37-29)43-20-22-4-2-1-3-5-22/h1-9,12-13,16,24,28-30,32,37,41H,10-11,14-15,17-20H2,(H,38,42)/t24?,28-,29-,30+,32-/m1/s1. The van der Waals surface area contributed by atoms with E-state index in [1.807, 2.05) is 42.5 Å². The van der Waals surface area contributed by atoms with Gasteiger partial charge in [0.1, 0.15) is 11.6 Å². The molecule has 2 heterocycles. The van der Waals surface area contributed by atoms with Crippen LogP contribution in [0.4, 0.5) is 8.78 Å². The van der Waals surface area contributed by atoms with Gasteiger partial charge in [-0.2, -0.15) is 0 Å². The maximum atomic E-state index is 14.0. The highest BCUT2D eigenvalue weighted by molar-refractivity contribution is 6.30. The summed E-state index contributed by atoms with van der Waals surface area (Å²) in [5.41, 5.74) is 2.38. The highest BCUT2D eigenvalue weighted by Gasteiger charge is 2.39. The third-order valence-corrected chi connectivity index (χ3v) is 8.40. The summed E-state index contributed by atoms with van der Waals surface area (Å²) in [6.45, 7) is 1.68. The van der Waals surface area contributed by atoms with E-state index in [1.165, 1.54) is 12.1 Å². The third kappa shape index (κ3) is 8.60. The quantitative estimate of drug-likeness (QED) is 0.288. The van der Waals surface area contributed by atoms with Crippen molar-refractivity contribution in [1.82, 2.24) is 15.5 Å². The molecule has 2 aliphatic rings. The summed E-state index contributed by atoms with van der Waals surface area (Å²) in [7, 11) is 0. The number of nitrogens with zero attached hydrogens (tertiary/aromatic N) is 1. The van der Waals surface area contributed by atoms with Gasteiger partial charge in [-0.05, 0) is 60.2 Å². The van der Waals surface area contributed by atoms with Gasteiger partial charge in [-0.25, -0.2) is 8.78 Å². The zero-order valence-corrected chi connectivity index (χ0v) is 24.5. The summed E-state index contributed by atoms with van der Waals surface area (Å²) >= 11 is 5.96. The molecule has 2 fully saturated rings. The monoisotopic (exact) mass is 611 g/mol. The second kappa shape index (κ2) is 14.4.